The molecule has 2 aliphatic heterocycles. The van der Waals surface area contributed by atoms with Gasteiger partial charge in [0.05, 0.1) is 16.7 Å². The topological polar surface area (TPSA) is 203 Å². The molecule has 46 heavy (non-hydrogen) atoms. The Morgan fingerprint density at radius 2 is 1.67 bits per heavy atom. The minimum atomic E-state index is -1.10. The maximum Gasteiger partial charge on any atom is 0.266 e. The number of rotatable bonds is 18. The van der Waals surface area contributed by atoms with Gasteiger partial charge in [0.25, 0.3) is 17.7 Å². The number of nitrogens with one attached hydrogen (secondary N) is 3. The number of ether oxygens (including phenoxy) is 2. The van der Waals surface area contributed by atoms with E-state index in [0.29, 0.717) is 26.1 Å². The lowest BCUT2D eigenvalue weighted by Crippen LogP contribution is -2.54. The second-order valence-corrected chi connectivity index (χ2v) is 13.0. The maximum atomic E-state index is 13.2. The van der Waals surface area contributed by atoms with Crippen molar-refractivity contribution in [2.75, 3.05) is 26.3 Å². The third kappa shape index (κ3) is 10.4. The van der Waals surface area contributed by atoms with E-state index in [0.717, 1.165) is 24.2 Å². The van der Waals surface area contributed by atoms with Gasteiger partial charge in [-0.15, -0.1) is 0 Å². The first kappa shape index (κ1) is 36.1. The van der Waals surface area contributed by atoms with E-state index in [2.05, 4.69) is 29.8 Å². The first-order valence-electron chi connectivity index (χ1n) is 15.5. The predicted molar refractivity (Wildman–Crippen MR) is 165 cm³/mol. The van der Waals surface area contributed by atoms with Crippen molar-refractivity contribution in [1.29, 1.82) is 0 Å². The number of hydrogen-bond acceptors (Lipinski definition) is 9. The van der Waals surface area contributed by atoms with Gasteiger partial charge in [-0.1, -0.05) is 19.9 Å². The molecule has 0 spiro atoms. The van der Waals surface area contributed by atoms with Crippen LogP contribution < -0.4 is 26.4 Å². The van der Waals surface area contributed by atoms with Crippen LogP contribution in [0.25, 0.3) is 0 Å². The summed E-state index contributed by atoms with van der Waals surface area (Å²) in [5.74, 6) is -3.59. The quantitative estimate of drug-likeness (QED) is 0.134. The fourth-order valence-corrected chi connectivity index (χ4v) is 5.22. The molecule has 14 nitrogen and oxygen atoms in total. The van der Waals surface area contributed by atoms with Crippen LogP contribution in [0.15, 0.2) is 18.2 Å². The summed E-state index contributed by atoms with van der Waals surface area (Å²) in [6, 6.07) is 3.36. The second-order valence-electron chi connectivity index (χ2n) is 13.0. The molecular weight excluding hydrogens is 598 g/mol. The van der Waals surface area contributed by atoms with Crippen LogP contribution in [0.4, 0.5) is 0 Å². The van der Waals surface area contributed by atoms with Crippen molar-refractivity contribution in [2.24, 2.45) is 11.1 Å². The summed E-state index contributed by atoms with van der Waals surface area (Å²) in [5.41, 5.74) is 4.59. The van der Waals surface area contributed by atoms with E-state index < -0.39 is 53.7 Å². The Balaban J connectivity index is 1.38. The molecule has 5 N–H and O–H groups in total. The first-order chi connectivity index (χ1) is 21.6. The lowest BCUT2D eigenvalue weighted by Gasteiger charge is -2.29. The Kier molecular flexibility index (Phi) is 12.4. The van der Waals surface area contributed by atoms with E-state index in [-0.39, 0.29) is 53.9 Å². The normalized spacial score (nSPS) is 16.6. The number of fused-ring (bicyclic) bond motifs is 1. The fourth-order valence-electron chi connectivity index (χ4n) is 5.22. The Morgan fingerprint density at radius 1 is 0.957 bits per heavy atom. The highest BCUT2D eigenvalue weighted by Gasteiger charge is 2.46. The van der Waals surface area contributed by atoms with Crippen LogP contribution in [0.5, 0.6) is 5.75 Å². The van der Waals surface area contributed by atoms with Gasteiger partial charge in [0.1, 0.15) is 11.8 Å². The largest absolute Gasteiger partial charge is 0.483 e. The Morgan fingerprint density at radius 3 is 2.37 bits per heavy atom. The van der Waals surface area contributed by atoms with Crippen molar-refractivity contribution < 1.29 is 43.0 Å². The molecule has 0 saturated carbocycles. The minimum absolute atomic E-state index is 0.0117. The zero-order valence-electron chi connectivity index (χ0n) is 27.0. The summed E-state index contributed by atoms with van der Waals surface area (Å²) in [5, 5.41) is 7.74. The average Bonchev–Trinajstić information content (AvgIpc) is 3.22. The zero-order valence-corrected chi connectivity index (χ0v) is 27.0. The molecule has 7 amide bonds. The molecule has 0 aromatic heterocycles. The second kappa shape index (κ2) is 15.8. The van der Waals surface area contributed by atoms with E-state index in [1.165, 1.54) is 18.2 Å². The molecule has 14 heteroatoms. The summed E-state index contributed by atoms with van der Waals surface area (Å²) < 4.78 is 11.7. The van der Waals surface area contributed by atoms with E-state index in [1.54, 1.807) is 0 Å². The number of amides is 7. The molecule has 1 aromatic rings. The van der Waals surface area contributed by atoms with Crippen LogP contribution in [0.1, 0.15) is 99.8 Å². The number of benzene rings is 1. The predicted octanol–water partition coefficient (Wildman–Crippen LogP) is 1.35. The number of primary amides is 1. The monoisotopic (exact) mass is 643 g/mol. The van der Waals surface area contributed by atoms with E-state index in [1.807, 2.05) is 13.8 Å². The van der Waals surface area contributed by atoms with Gasteiger partial charge in [0, 0.05) is 39.0 Å². The Bertz CT molecular complexity index is 1360. The smallest absolute Gasteiger partial charge is 0.266 e. The Labute approximate surface area is 268 Å². The molecule has 0 bridgehead atoms. The van der Waals surface area contributed by atoms with Gasteiger partial charge < -0.3 is 25.8 Å². The van der Waals surface area contributed by atoms with Crippen LogP contribution in [0, 0.1) is 5.41 Å². The summed E-state index contributed by atoms with van der Waals surface area (Å²) in [6.45, 7) is 9.12. The third-order valence-electron chi connectivity index (χ3n) is 8.06. The van der Waals surface area contributed by atoms with Crippen LogP contribution in [-0.4, -0.2) is 84.2 Å². The first-order valence-corrected chi connectivity index (χ1v) is 15.5. The minimum Gasteiger partial charge on any atom is -0.483 e. The zero-order chi connectivity index (χ0) is 34.1. The number of piperidine rings is 1. The number of carbonyl (C=O) groups excluding carboxylic acids is 7. The van der Waals surface area contributed by atoms with Crippen molar-refractivity contribution in [3.63, 3.8) is 0 Å². The standard InChI is InChI=1S/C32H45N5O9/c1-31(2,13-6-16-34-24(39)12-10-23(33)38)15-18-46-32(3,4)14-17-35-26(41)19-45-22-8-5-7-20-27(22)30(44)37(29(20)43)21-9-11-25(40)36-28(21)42/h5,7-8,21H,6,9-19H2,1-4H3,(H2,33,38)(H,34,39)(H,35,41)(H,36,40,42). The molecule has 2 heterocycles. The van der Waals surface area contributed by atoms with E-state index >= 15 is 0 Å². The maximum absolute atomic E-state index is 13.2. The van der Waals surface area contributed by atoms with Crippen LogP contribution in [-0.2, 0) is 28.7 Å². The van der Waals surface area contributed by atoms with Gasteiger partial charge in [-0.3, -0.25) is 43.8 Å². The molecule has 0 aliphatic carbocycles. The fraction of sp³-hybridized carbons (Fsp3) is 0.594. The molecule has 2 aliphatic rings. The summed E-state index contributed by atoms with van der Waals surface area (Å²) in [7, 11) is 0. The lowest BCUT2D eigenvalue weighted by molar-refractivity contribution is -0.136. The van der Waals surface area contributed by atoms with Crippen molar-refractivity contribution in [1.82, 2.24) is 20.9 Å². The van der Waals surface area contributed by atoms with Gasteiger partial charge in [-0.2, -0.15) is 0 Å². The van der Waals surface area contributed by atoms with E-state index in [4.69, 9.17) is 15.2 Å². The number of nitrogens with two attached hydrogens (primary N) is 1. The Hall–Kier alpha value is -4.33. The van der Waals surface area contributed by atoms with Crippen molar-refractivity contribution >= 4 is 41.4 Å². The average molecular weight is 644 g/mol. The number of hydrogen-bond donors (Lipinski definition) is 4. The van der Waals surface area contributed by atoms with Gasteiger partial charge >= 0.3 is 0 Å². The highest BCUT2D eigenvalue weighted by atomic mass is 16.5. The van der Waals surface area contributed by atoms with Gasteiger partial charge in [-0.05, 0) is 63.5 Å². The summed E-state index contributed by atoms with van der Waals surface area (Å²) >= 11 is 0. The van der Waals surface area contributed by atoms with Crippen LogP contribution >= 0.6 is 0 Å². The molecule has 0 radical (unpaired) electrons. The third-order valence-corrected chi connectivity index (χ3v) is 8.06. The van der Waals surface area contributed by atoms with Crippen molar-refractivity contribution in [2.45, 2.75) is 90.7 Å². The summed E-state index contributed by atoms with van der Waals surface area (Å²) in [6.07, 6.45) is 3.19. The summed E-state index contributed by atoms with van der Waals surface area (Å²) in [4.78, 5) is 85.9. The number of nitrogens with zero attached hydrogens (tertiary/aromatic N) is 1. The van der Waals surface area contributed by atoms with Crippen LogP contribution in [0.2, 0.25) is 0 Å². The molecule has 1 atom stereocenters. The van der Waals surface area contributed by atoms with Crippen molar-refractivity contribution in [3.8, 4) is 5.75 Å². The van der Waals surface area contributed by atoms with Gasteiger partial charge in [-0.25, -0.2) is 0 Å². The SMILES string of the molecule is CC(C)(CCCNC(=O)CCC(N)=O)CCOC(C)(C)CCNC(=O)COc1cccc2c1C(=O)N(C1CCC(=O)NC1=O)C2=O. The number of carbonyl (C=O) groups is 7. The lowest BCUT2D eigenvalue weighted by atomic mass is 9.84. The van der Waals surface area contributed by atoms with Crippen molar-refractivity contribution in [3.05, 3.63) is 29.3 Å². The molecule has 252 valence electrons. The van der Waals surface area contributed by atoms with Gasteiger partial charge in [0.2, 0.25) is 23.6 Å². The molecule has 1 fully saturated rings. The molecule has 1 saturated heterocycles. The number of imide groups is 2. The molecular formula is C32H45N5O9. The van der Waals surface area contributed by atoms with E-state index in [9.17, 15) is 33.6 Å². The van der Waals surface area contributed by atoms with Gasteiger partial charge in [0.15, 0.2) is 6.61 Å². The molecule has 3 rings (SSSR count). The van der Waals surface area contributed by atoms with Crippen LogP contribution in [0.3, 0.4) is 0 Å². The highest BCUT2D eigenvalue weighted by Crippen LogP contribution is 2.33. The molecule has 1 unspecified atom stereocenters. The highest BCUT2D eigenvalue weighted by molar-refractivity contribution is 6.24. The molecule has 1 aromatic carbocycles.